The van der Waals surface area contributed by atoms with E-state index in [4.69, 9.17) is 0 Å². The van der Waals surface area contributed by atoms with Gasteiger partial charge in [-0.1, -0.05) is 109 Å². The number of allylic oxidation sites excluding steroid dienone is 12. The molecule has 0 spiro atoms. The first-order chi connectivity index (χ1) is 36.4. The normalized spacial score (nSPS) is 10.2. The van der Waals surface area contributed by atoms with Crippen LogP contribution in [0.15, 0.2) is 206 Å². The first kappa shape index (κ1) is 66.5. The molecule has 24 heteroatoms. The Labute approximate surface area is 448 Å². The summed E-state index contributed by atoms with van der Waals surface area (Å²) >= 11 is 0. The number of nitrogens with zero attached hydrogens (tertiary/aromatic N) is 12. The fourth-order valence-corrected chi connectivity index (χ4v) is 6.87. The maximum Gasteiger partial charge on any atom is 0.336 e. The van der Waals surface area contributed by atoms with Crippen molar-refractivity contribution in [3.05, 3.63) is 275 Å². The summed E-state index contributed by atoms with van der Waals surface area (Å²) in [6, 6.07) is 0. The van der Waals surface area contributed by atoms with Gasteiger partial charge < -0.3 is 0 Å². The lowest BCUT2D eigenvalue weighted by atomic mass is 10.3. The lowest BCUT2D eigenvalue weighted by molar-refractivity contribution is 0.487. The van der Waals surface area contributed by atoms with E-state index in [2.05, 4.69) is 78.9 Å². The van der Waals surface area contributed by atoms with Crippen molar-refractivity contribution in [3.8, 4) is 0 Å². The molecule has 0 radical (unpaired) electrons. The Morgan fingerprint density at radius 1 is 0.231 bits per heavy atom. The first-order valence-corrected chi connectivity index (χ1v) is 23.8. The Balaban J connectivity index is 0.000000521. The predicted octanol–water partition coefficient (Wildman–Crippen LogP) is 1.26. The minimum Gasteiger partial charge on any atom is -0.247 e. The van der Waals surface area contributed by atoms with Crippen molar-refractivity contribution in [1.29, 1.82) is 0 Å². The molecular formula is C54H72N12O12. The van der Waals surface area contributed by atoms with Crippen LogP contribution in [0.1, 0.15) is 41.5 Å². The van der Waals surface area contributed by atoms with Crippen molar-refractivity contribution in [2.45, 2.75) is 120 Å². The molecule has 0 aliphatic rings. The van der Waals surface area contributed by atoms with Gasteiger partial charge in [-0.15, -0.1) is 39.5 Å². The molecule has 0 N–H and O–H groups in total. The molecule has 24 nitrogen and oxygen atoms in total. The van der Waals surface area contributed by atoms with E-state index in [1.165, 1.54) is 36.5 Å². The summed E-state index contributed by atoms with van der Waals surface area (Å²) in [6.45, 7) is 54.1. The van der Waals surface area contributed by atoms with Crippen molar-refractivity contribution < 1.29 is 0 Å². The molecule has 0 bridgehead atoms. The van der Waals surface area contributed by atoms with Gasteiger partial charge in [-0.3, -0.25) is 0 Å². The van der Waals surface area contributed by atoms with E-state index in [0.29, 0.717) is 33.4 Å². The van der Waals surface area contributed by atoms with Gasteiger partial charge in [0.1, 0.15) is 0 Å². The van der Waals surface area contributed by atoms with Crippen molar-refractivity contribution >= 4 is 0 Å². The van der Waals surface area contributed by atoms with Gasteiger partial charge >= 0.3 is 68.3 Å². The molecule has 0 unspecified atom stereocenters. The summed E-state index contributed by atoms with van der Waals surface area (Å²) in [5.41, 5.74) is -3.95. The van der Waals surface area contributed by atoms with Gasteiger partial charge in [0.2, 0.25) is 0 Å². The van der Waals surface area contributed by atoms with Crippen molar-refractivity contribution in [2.75, 3.05) is 0 Å². The summed E-state index contributed by atoms with van der Waals surface area (Å²) in [6.07, 6.45) is 8.55. The van der Waals surface area contributed by atoms with E-state index >= 15 is 0 Å². The first-order valence-electron chi connectivity index (χ1n) is 23.8. The van der Waals surface area contributed by atoms with Gasteiger partial charge in [-0.2, -0.15) is 0 Å². The van der Waals surface area contributed by atoms with Gasteiger partial charge in [0, 0.05) is 0 Å². The second-order valence-corrected chi connectivity index (χ2v) is 18.0. The molecule has 4 aromatic heterocycles. The maximum absolute atomic E-state index is 12.3. The van der Waals surface area contributed by atoms with Crippen LogP contribution in [0.25, 0.3) is 0 Å². The fraction of sp³-hybridized carbons (Fsp3) is 0.333. The van der Waals surface area contributed by atoms with E-state index in [0.717, 1.165) is 54.8 Å². The molecule has 4 rings (SSSR count). The lowest BCUT2D eigenvalue weighted by Crippen LogP contribution is -2.54. The molecule has 0 atom stereocenters. The van der Waals surface area contributed by atoms with E-state index in [1.54, 1.807) is 41.5 Å². The standard InChI is InChI=1S/C15H21N3O3.C14H19N3O3.C13H17N3O3.C12H15N3O3/c1-10(2)7-16-13(19)17(8-11(3)4)15(21)18(14(16)20)9-12(5)6;1-6-7-15-12(18)16(8-10(2)3)14(20)17(13(15)19)9-11(4)5;1-5-7-14-11(17)15(8-6-2)13(19)16(12(14)18)9-10(3)4;1-4-7-13-10(16)14(8-5-2)12(18)15(9-6-3)11(13)17/h1,3,5,7-9H2,2,4,6H3;6H,1-2,4,7-9H2,3,5H3;5-6H,1-3,7-9H2,4H3;4-6H,1-3,7-9H2. The second-order valence-electron chi connectivity index (χ2n) is 18.0. The van der Waals surface area contributed by atoms with Gasteiger partial charge in [0.15, 0.2) is 0 Å². The minimum absolute atomic E-state index is 0.0460. The van der Waals surface area contributed by atoms with E-state index < -0.39 is 68.3 Å². The van der Waals surface area contributed by atoms with Crippen molar-refractivity contribution in [2.24, 2.45) is 0 Å². The molecular weight excluding hydrogens is 1010 g/mol. The molecule has 420 valence electrons. The maximum atomic E-state index is 12.3. The number of rotatable bonds is 24. The highest BCUT2D eigenvalue weighted by atomic mass is 16.2. The molecule has 0 aliphatic carbocycles. The lowest BCUT2D eigenvalue weighted by Gasteiger charge is -2.14. The molecule has 0 aliphatic heterocycles. The van der Waals surface area contributed by atoms with Crippen LogP contribution in [0.5, 0.6) is 0 Å². The zero-order chi connectivity index (χ0) is 60.0. The quantitative estimate of drug-likeness (QED) is 0.0899. The predicted molar refractivity (Wildman–Crippen MR) is 307 cm³/mol. The highest BCUT2D eigenvalue weighted by Crippen LogP contribution is 1.95. The Morgan fingerprint density at radius 3 is 0.410 bits per heavy atom. The number of aromatic nitrogens is 12. The highest BCUT2D eigenvalue weighted by Gasteiger charge is 2.18. The van der Waals surface area contributed by atoms with Crippen LogP contribution in [0, 0.1) is 0 Å². The third kappa shape index (κ3) is 17.3. The SMILES string of the molecule is C=C(C)Cn1c(=O)n(CC(=C)C)c(=O)n(CC(=C)C)c1=O.C=CCn1c(=O)n(CC(=C)C)c(=O)n(CC(=C)C)c1=O.C=CCn1c(=O)n(CC=C)c(=O)n(CC(=C)C)c1=O.C=CCn1c(=O)n(CC=C)c(=O)n(CC=C)c1=O. The second kappa shape index (κ2) is 30.8. The van der Waals surface area contributed by atoms with Gasteiger partial charge in [0.05, 0.1) is 78.5 Å². The molecule has 0 aromatic carbocycles. The molecule has 0 saturated heterocycles. The zero-order valence-electron chi connectivity index (χ0n) is 45.7. The minimum atomic E-state index is -0.662. The van der Waals surface area contributed by atoms with E-state index in [9.17, 15) is 57.5 Å². The number of hydrogen-bond donors (Lipinski definition) is 0. The summed E-state index contributed by atoms with van der Waals surface area (Å²) < 4.78 is 11.7. The molecule has 78 heavy (non-hydrogen) atoms. The van der Waals surface area contributed by atoms with Crippen LogP contribution in [0.3, 0.4) is 0 Å². The molecule has 0 saturated carbocycles. The topological polar surface area (TPSA) is 264 Å². The molecule has 0 amide bonds. The smallest absolute Gasteiger partial charge is 0.247 e. The molecule has 4 heterocycles. The van der Waals surface area contributed by atoms with Crippen LogP contribution in [0.2, 0.25) is 0 Å². The average molecular weight is 1080 g/mol. The summed E-state index contributed by atoms with van der Waals surface area (Å²) in [7, 11) is 0. The molecule has 4 aromatic rings. The van der Waals surface area contributed by atoms with Gasteiger partial charge in [0.25, 0.3) is 0 Å². The largest absolute Gasteiger partial charge is 0.336 e. The summed E-state index contributed by atoms with van der Waals surface area (Å²) in [5.74, 6) is 0. The number of hydrogen-bond acceptors (Lipinski definition) is 12. The van der Waals surface area contributed by atoms with Gasteiger partial charge in [-0.25, -0.2) is 112 Å². The van der Waals surface area contributed by atoms with E-state index in [-0.39, 0.29) is 78.5 Å². The zero-order valence-corrected chi connectivity index (χ0v) is 45.7. The van der Waals surface area contributed by atoms with Crippen LogP contribution in [-0.4, -0.2) is 54.8 Å². The third-order valence-corrected chi connectivity index (χ3v) is 9.98. The monoisotopic (exact) mass is 1080 g/mol. The fourth-order valence-electron chi connectivity index (χ4n) is 6.87. The van der Waals surface area contributed by atoms with Crippen LogP contribution >= 0.6 is 0 Å². The Kier molecular flexibility index (Phi) is 26.3. The van der Waals surface area contributed by atoms with Crippen LogP contribution in [0.4, 0.5) is 0 Å². The third-order valence-electron chi connectivity index (χ3n) is 9.98. The van der Waals surface area contributed by atoms with Crippen LogP contribution < -0.4 is 68.3 Å². The summed E-state index contributed by atoms with van der Waals surface area (Å²) in [5, 5.41) is 0. The Hall–Kier alpha value is -9.48. The van der Waals surface area contributed by atoms with Crippen molar-refractivity contribution in [1.82, 2.24) is 54.8 Å². The Bertz CT molecular complexity index is 3480. The Morgan fingerprint density at radius 2 is 0.321 bits per heavy atom. The van der Waals surface area contributed by atoms with E-state index in [1.807, 2.05) is 0 Å². The van der Waals surface area contributed by atoms with Gasteiger partial charge in [-0.05, 0) is 41.5 Å². The van der Waals surface area contributed by atoms with Crippen LogP contribution in [-0.2, 0) is 78.5 Å². The average Bonchev–Trinajstić information content (AvgIpc) is 3.35. The summed E-state index contributed by atoms with van der Waals surface area (Å²) in [4.78, 5) is 146. The highest BCUT2D eigenvalue weighted by molar-refractivity contribution is 4.99. The van der Waals surface area contributed by atoms with Crippen molar-refractivity contribution in [3.63, 3.8) is 0 Å². The molecule has 0 fully saturated rings.